The molecule has 0 aliphatic carbocycles. The third-order valence-electron chi connectivity index (χ3n) is 4.29. The van der Waals surface area contributed by atoms with Crippen LogP contribution in [0.25, 0.3) is 11.0 Å². The highest BCUT2D eigenvalue weighted by molar-refractivity contribution is 6.01. The summed E-state index contributed by atoms with van der Waals surface area (Å²) >= 11 is 0. The maximum atomic E-state index is 12.4. The summed E-state index contributed by atoms with van der Waals surface area (Å²) in [7, 11) is 1.59. The summed E-state index contributed by atoms with van der Waals surface area (Å²) in [4.78, 5) is 24.1. The molecule has 25 heavy (non-hydrogen) atoms. The van der Waals surface area contributed by atoms with E-state index in [-0.39, 0.29) is 18.2 Å². The first-order valence-electron chi connectivity index (χ1n) is 7.89. The fourth-order valence-electron chi connectivity index (χ4n) is 3.00. The van der Waals surface area contributed by atoms with Crippen LogP contribution >= 0.6 is 0 Å². The van der Waals surface area contributed by atoms with E-state index in [1.807, 2.05) is 18.2 Å². The molecule has 0 fully saturated rings. The molecule has 2 amide bonds. The molecule has 6 heteroatoms. The fourth-order valence-corrected chi connectivity index (χ4v) is 3.00. The molecule has 126 valence electrons. The average Bonchev–Trinajstić information content (AvgIpc) is 3.18. The molecule has 1 aliphatic heterocycles. The fraction of sp³-hybridized carbons (Fsp3) is 0.158. The molecule has 1 aliphatic rings. The Morgan fingerprint density at radius 2 is 2.16 bits per heavy atom. The van der Waals surface area contributed by atoms with Gasteiger partial charge in [0.1, 0.15) is 11.3 Å². The minimum Gasteiger partial charge on any atom is -0.497 e. The summed E-state index contributed by atoms with van der Waals surface area (Å²) in [5.74, 6) is 0.423. The van der Waals surface area contributed by atoms with Crippen molar-refractivity contribution in [1.29, 1.82) is 0 Å². The molecule has 0 saturated carbocycles. The van der Waals surface area contributed by atoms with Gasteiger partial charge in [0, 0.05) is 34.8 Å². The third-order valence-corrected chi connectivity index (χ3v) is 4.29. The predicted molar refractivity (Wildman–Crippen MR) is 92.7 cm³/mol. The topological polar surface area (TPSA) is 80.6 Å². The van der Waals surface area contributed by atoms with Crippen LogP contribution in [0.15, 0.2) is 47.1 Å². The van der Waals surface area contributed by atoms with Gasteiger partial charge in [0.25, 0.3) is 5.91 Å². The summed E-state index contributed by atoms with van der Waals surface area (Å²) < 4.78 is 10.7. The summed E-state index contributed by atoms with van der Waals surface area (Å²) in [5, 5.41) is 6.47. The lowest BCUT2D eigenvalue weighted by atomic mass is 10.1. The Morgan fingerprint density at radius 1 is 1.28 bits per heavy atom. The highest BCUT2D eigenvalue weighted by atomic mass is 16.5. The predicted octanol–water partition coefficient (Wildman–Crippen LogP) is 2.87. The van der Waals surface area contributed by atoms with Gasteiger partial charge < -0.3 is 19.8 Å². The Balaban J connectivity index is 1.51. The van der Waals surface area contributed by atoms with Crippen molar-refractivity contribution in [2.75, 3.05) is 12.4 Å². The number of methoxy groups -OCH3 is 1. The summed E-state index contributed by atoms with van der Waals surface area (Å²) in [6.45, 7) is 0.535. The standard InChI is InChI=1S/C19H16N2O4/c1-24-14-4-5-15-12(10-25-17(15)8-14)6-18(22)21-13-3-2-11-9-20-19(23)16(11)7-13/h2-5,7-8,10H,6,9H2,1H3,(H,20,23)(H,21,22). The molecule has 4 rings (SSSR count). The minimum atomic E-state index is -0.170. The van der Waals surface area contributed by atoms with E-state index in [1.54, 1.807) is 31.6 Å². The van der Waals surface area contributed by atoms with Crippen molar-refractivity contribution >= 4 is 28.5 Å². The van der Waals surface area contributed by atoms with Gasteiger partial charge in [-0.3, -0.25) is 9.59 Å². The number of furan rings is 1. The van der Waals surface area contributed by atoms with Crippen LogP contribution in [0.1, 0.15) is 21.5 Å². The SMILES string of the molecule is COc1ccc2c(CC(=O)Nc3ccc4c(c3)C(=O)NC4)coc2c1. The highest BCUT2D eigenvalue weighted by Crippen LogP contribution is 2.26. The first-order chi connectivity index (χ1) is 12.1. The van der Waals surface area contributed by atoms with Gasteiger partial charge in [-0.25, -0.2) is 0 Å². The lowest BCUT2D eigenvalue weighted by Gasteiger charge is -2.06. The van der Waals surface area contributed by atoms with Gasteiger partial charge in [-0.1, -0.05) is 6.07 Å². The number of nitrogens with one attached hydrogen (secondary N) is 2. The molecular weight excluding hydrogens is 320 g/mol. The van der Waals surface area contributed by atoms with Crippen LogP contribution in [0.4, 0.5) is 5.69 Å². The number of hydrogen-bond donors (Lipinski definition) is 2. The van der Waals surface area contributed by atoms with Crippen LogP contribution in [0.5, 0.6) is 5.75 Å². The number of anilines is 1. The van der Waals surface area contributed by atoms with E-state index in [1.165, 1.54) is 0 Å². The second-order valence-electron chi connectivity index (χ2n) is 5.90. The Morgan fingerprint density at radius 3 is 3.00 bits per heavy atom. The minimum absolute atomic E-state index is 0.110. The number of rotatable bonds is 4. The Kier molecular flexibility index (Phi) is 3.65. The van der Waals surface area contributed by atoms with Crippen LogP contribution in [-0.4, -0.2) is 18.9 Å². The summed E-state index contributed by atoms with van der Waals surface area (Å²) in [6, 6.07) is 10.8. The Labute approximate surface area is 143 Å². The zero-order valence-corrected chi connectivity index (χ0v) is 13.6. The van der Waals surface area contributed by atoms with Crippen molar-refractivity contribution in [2.24, 2.45) is 0 Å². The number of hydrogen-bond acceptors (Lipinski definition) is 4. The van der Waals surface area contributed by atoms with E-state index in [0.29, 0.717) is 29.1 Å². The number of ether oxygens (including phenoxy) is 1. The highest BCUT2D eigenvalue weighted by Gasteiger charge is 2.19. The largest absolute Gasteiger partial charge is 0.497 e. The maximum absolute atomic E-state index is 12.4. The van der Waals surface area contributed by atoms with Crippen LogP contribution in [-0.2, 0) is 17.8 Å². The molecule has 0 unspecified atom stereocenters. The Hall–Kier alpha value is -3.28. The molecule has 6 nitrogen and oxygen atoms in total. The molecule has 0 saturated heterocycles. The normalized spacial score (nSPS) is 12.8. The van der Waals surface area contributed by atoms with Gasteiger partial charge in [-0.15, -0.1) is 0 Å². The Bertz CT molecular complexity index is 990. The van der Waals surface area contributed by atoms with Gasteiger partial charge in [0.2, 0.25) is 5.91 Å². The van der Waals surface area contributed by atoms with E-state index < -0.39 is 0 Å². The van der Waals surface area contributed by atoms with Crippen molar-refractivity contribution in [3.8, 4) is 5.75 Å². The number of fused-ring (bicyclic) bond motifs is 2. The van der Waals surface area contributed by atoms with Crippen LogP contribution in [0.3, 0.4) is 0 Å². The molecule has 0 radical (unpaired) electrons. The first-order valence-corrected chi connectivity index (χ1v) is 7.89. The van der Waals surface area contributed by atoms with E-state index in [9.17, 15) is 9.59 Å². The van der Waals surface area contributed by atoms with E-state index in [0.717, 1.165) is 16.5 Å². The summed E-state index contributed by atoms with van der Waals surface area (Å²) in [6.07, 6.45) is 1.77. The van der Waals surface area contributed by atoms with Gasteiger partial charge in [-0.05, 0) is 29.8 Å². The molecule has 0 bridgehead atoms. The monoisotopic (exact) mass is 336 g/mol. The smallest absolute Gasteiger partial charge is 0.251 e. The van der Waals surface area contributed by atoms with Gasteiger partial charge in [0.05, 0.1) is 19.8 Å². The van der Waals surface area contributed by atoms with Crippen LogP contribution in [0.2, 0.25) is 0 Å². The molecule has 0 spiro atoms. The molecule has 3 aromatic rings. The van der Waals surface area contributed by atoms with Crippen molar-refractivity contribution in [3.63, 3.8) is 0 Å². The van der Waals surface area contributed by atoms with Gasteiger partial charge in [0.15, 0.2) is 0 Å². The van der Waals surface area contributed by atoms with E-state index in [2.05, 4.69) is 10.6 Å². The molecule has 2 N–H and O–H groups in total. The molecule has 2 heterocycles. The maximum Gasteiger partial charge on any atom is 0.251 e. The zero-order valence-electron chi connectivity index (χ0n) is 13.6. The number of benzene rings is 2. The average molecular weight is 336 g/mol. The van der Waals surface area contributed by atoms with Crippen molar-refractivity contribution in [3.05, 3.63) is 59.4 Å². The summed E-state index contributed by atoms with van der Waals surface area (Å²) in [5.41, 5.74) is 3.64. The quantitative estimate of drug-likeness (QED) is 0.768. The molecule has 1 aromatic heterocycles. The molecule has 0 atom stereocenters. The number of amides is 2. The van der Waals surface area contributed by atoms with Crippen molar-refractivity contribution in [2.45, 2.75) is 13.0 Å². The van der Waals surface area contributed by atoms with Crippen molar-refractivity contribution < 1.29 is 18.7 Å². The van der Waals surface area contributed by atoms with Crippen molar-refractivity contribution in [1.82, 2.24) is 5.32 Å². The lowest BCUT2D eigenvalue weighted by molar-refractivity contribution is -0.115. The van der Waals surface area contributed by atoms with Gasteiger partial charge in [-0.2, -0.15) is 0 Å². The van der Waals surface area contributed by atoms with Crippen LogP contribution in [0, 0.1) is 0 Å². The number of carbonyl (C=O) groups excluding carboxylic acids is 2. The third kappa shape index (κ3) is 2.82. The van der Waals surface area contributed by atoms with Gasteiger partial charge >= 0.3 is 0 Å². The zero-order chi connectivity index (χ0) is 17.4. The van der Waals surface area contributed by atoms with E-state index in [4.69, 9.17) is 9.15 Å². The second kappa shape index (κ2) is 5.98. The molecular formula is C19H16N2O4. The number of carbonyl (C=O) groups is 2. The van der Waals surface area contributed by atoms with Crippen LogP contribution < -0.4 is 15.4 Å². The molecule has 2 aromatic carbocycles. The first kappa shape index (κ1) is 15.3. The lowest BCUT2D eigenvalue weighted by Crippen LogP contribution is -2.15. The second-order valence-corrected chi connectivity index (χ2v) is 5.90. The van der Waals surface area contributed by atoms with E-state index >= 15 is 0 Å².